The topological polar surface area (TPSA) is 37.4 Å². The van der Waals surface area contributed by atoms with Crippen molar-refractivity contribution in [2.75, 3.05) is 13.1 Å². The molecule has 1 atom stereocenters. The summed E-state index contributed by atoms with van der Waals surface area (Å²) >= 11 is 6.12. The van der Waals surface area contributed by atoms with Crippen LogP contribution >= 0.6 is 11.6 Å². The molecule has 1 unspecified atom stereocenters. The van der Waals surface area contributed by atoms with Crippen LogP contribution in [-0.2, 0) is 10.0 Å². The molecule has 4 aromatic carbocycles. The van der Waals surface area contributed by atoms with Crippen LogP contribution in [-0.4, -0.2) is 34.6 Å². The van der Waals surface area contributed by atoms with Crippen molar-refractivity contribution in [3.05, 3.63) is 131 Å². The Balaban J connectivity index is 1.52. The fourth-order valence-corrected chi connectivity index (χ4v) is 9.34. The van der Waals surface area contributed by atoms with Gasteiger partial charge in [-0.05, 0) is 48.7 Å². The van der Waals surface area contributed by atoms with Crippen molar-refractivity contribution in [1.82, 2.24) is 4.31 Å². The van der Waals surface area contributed by atoms with Crippen LogP contribution in [0.15, 0.2) is 120 Å². The van der Waals surface area contributed by atoms with Crippen molar-refractivity contribution in [3.8, 4) is 0 Å². The molecule has 5 rings (SSSR count). The molecular weight excluding hydrogens is 514 g/mol. The lowest BCUT2D eigenvalue weighted by Gasteiger charge is -2.21. The van der Waals surface area contributed by atoms with Crippen LogP contribution in [0.25, 0.3) is 6.08 Å². The van der Waals surface area contributed by atoms with Crippen molar-refractivity contribution in [1.29, 1.82) is 0 Å². The number of rotatable bonds is 7. The largest absolute Gasteiger partial charge is 0.243 e. The van der Waals surface area contributed by atoms with E-state index in [2.05, 4.69) is 54.6 Å². The van der Waals surface area contributed by atoms with Crippen LogP contribution in [0.1, 0.15) is 11.1 Å². The summed E-state index contributed by atoms with van der Waals surface area (Å²) in [5, 5.41) is 3.36. The van der Waals surface area contributed by atoms with Gasteiger partial charge in [-0.1, -0.05) is 124 Å². The van der Waals surface area contributed by atoms with Crippen molar-refractivity contribution in [2.24, 2.45) is 5.92 Å². The molecule has 37 heavy (non-hydrogen) atoms. The third kappa shape index (κ3) is 5.97. The van der Waals surface area contributed by atoms with E-state index < -0.39 is 18.8 Å². The molecule has 1 heterocycles. The van der Waals surface area contributed by atoms with Crippen molar-refractivity contribution < 1.29 is 8.42 Å². The number of sulfonamides is 1. The van der Waals surface area contributed by atoms with Gasteiger partial charge in [-0.2, -0.15) is 4.31 Å². The van der Waals surface area contributed by atoms with Gasteiger partial charge in [-0.25, -0.2) is 8.42 Å². The molecule has 0 amide bonds. The lowest BCUT2D eigenvalue weighted by molar-refractivity contribution is 0.464. The molecule has 187 valence electrons. The second kappa shape index (κ2) is 11.2. The number of nitrogens with zero attached hydrogens (tertiary/aromatic N) is 1. The molecule has 1 radical (unpaired) electrons. The molecule has 4 aromatic rings. The van der Waals surface area contributed by atoms with Crippen LogP contribution < -0.4 is 10.4 Å². The van der Waals surface area contributed by atoms with Crippen molar-refractivity contribution in [3.63, 3.8) is 0 Å². The minimum Gasteiger partial charge on any atom is -0.207 e. The second-order valence-corrected chi connectivity index (χ2v) is 14.4. The monoisotopic (exact) mass is 542 g/mol. The van der Waals surface area contributed by atoms with Gasteiger partial charge in [-0.3, -0.25) is 0 Å². The molecule has 0 bridgehead atoms. The zero-order valence-electron chi connectivity index (χ0n) is 20.7. The first-order valence-electron chi connectivity index (χ1n) is 12.4. The molecule has 0 N–H and O–H groups in total. The predicted molar refractivity (Wildman–Crippen MR) is 156 cm³/mol. The van der Waals surface area contributed by atoms with Gasteiger partial charge < -0.3 is 0 Å². The minimum absolute atomic E-state index is 0.116. The third-order valence-electron chi connectivity index (χ3n) is 6.88. The highest BCUT2D eigenvalue weighted by Crippen LogP contribution is 2.33. The highest BCUT2D eigenvalue weighted by atomic mass is 35.5. The summed E-state index contributed by atoms with van der Waals surface area (Å²) < 4.78 is 29.0. The number of halogens is 1. The molecule has 3 nitrogen and oxygen atoms in total. The Bertz CT molecular complexity index is 1430. The van der Waals surface area contributed by atoms with E-state index in [0.29, 0.717) is 23.0 Å². The molecule has 1 saturated heterocycles. The number of aryl methyl sites for hydroxylation is 1. The Morgan fingerprint density at radius 2 is 1.41 bits per heavy atom. The molecule has 1 aliphatic rings. The fourth-order valence-electron chi connectivity index (χ4n) is 4.86. The van der Waals surface area contributed by atoms with Crippen molar-refractivity contribution >= 4 is 46.9 Å². The molecule has 1 fully saturated rings. The minimum atomic E-state index is -3.60. The normalized spacial score (nSPS) is 17.5. The molecule has 0 spiro atoms. The van der Waals surface area contributed by atoms with E-state index in [0.717, 1.165) is 22.7 Å². The van der Waals surface area contributed by atoms with Gasteiger partial charge in [0.2, 0.25) is 10.0 Å². The zero-order chi connectivity index (χ0) is 25.8. The predicted octanol–water partition coefficient (Wildman–Crippen LogP) is 5.66. The average Bonchev–Trinajstić information content (AvgIpc) is 3.33. The SMILES string of the molecule is Cc1ccc(S(=O)(=O)N2C/C(=C\c3ccc(Cl)cc3)C(C[Si](c3ccccc3)c3ccccc3)C2)cc1. The Labute approximate surface area is 226 Å². The molecule has 0 aromatic heterocycles. The Morgan fingerprint density at radius 3 is 1.97 bits per heavy atom. The number of benzene rings is 4. The lowest BCUT2D eigenvalue weighted by Crippen LogP contribution is -2.43. The van der Waals surface area contributed by atoms with Gasteiger partial charge >= 0.3 is 0 Å². The Hall–Kier alpha value is -2.96. The standard InChI is InChI=1S/C31H29ClNO2SSi/c1-24-12-18-29(19-13-24)36(34,35)33-21-26(20-25-14-16-28(32)17-15-25)27(22-33)23-37(30-8-4-2-5-9-30)31-10-6-3-7-11-31/h2-20,27H,21-23H2,1H3/b26-20+. The molecule has 6 heteroatoms. The molecule has 1 aliphatic heterocycles. The fraction of sp³-hybridized carbons (Fsp3) is 0.161. The van der Waals surface area contributed by atoms with E-state index in [-0.39, 0.29) is 5.92 Å². The maximum Gasteiger partial charge on any atom is 0.243 e. The zero-order valence-corrected chi connectivity index (χ0v) is 23.3. The summed E-state index contributed by atoms with van der Waals surface area (Å²) in [6.45, 7) is 2.83. The second-order valence-electron chi connectivity index (χ2n) is 9.49. The first kappa shape index (κ1) is 25.7. The van der Waals surface area contributed by atoms with E-state index in [1.165, 1.54) is 10.4 Å². The van der Waals surface area contributed by atoms with E-state index in [1.54, 1.807) is 16.4 Å². The molecule has 0 saturated carbocycles. The number of hydrogen-bond donors (Lipinski definition) is 0. The molecule has 0 aliphatic carbocycles. The van der Waals surface area contributed by atoms with E-state index in [4.69, 9.17) is 11.6 Å². The van der Waals surface area contributed by atoms with Gasteiger partial charge in [0.15, 0.2) is 0 Å². The van der Waals surface area contributed by atoms with Crippen molar-refractivity contribution in [2.45, 2.75) is 17.9 Å². The average molecular weight is 543 g/mol. The molecular formula is C31H29ClNO2SSi. The highest BCUT2D eigenvalue weighted by molar-refractivity contribution is 7.89. The Morgan fingerprint density at radius 1 is 0.838 bits per heavy atom. The van der Waals surface area contributed by atoms with E-state index in [1.807, 2.05) is 55.5 Å². The Kier molecular flexibility index (Phi) is 7.77. The van der Waals surface area contributed by atoms with E-state index in [9.17, 15) is 8.42 Å². The first-order valence-corrected chi connectivity index (χ1v) is 15.9. The van der Waals surface area contributed by atoms with Gasteiger partial charge in [0.25, 0.3) is 0 Å². The highest BCUT2D eigenvalue weighted by Gasteiger charge is 2.37. The smallest absolute Gasteiger partial charge is 0.207 e. The van der Waals surface area contributed by atoms with E-state index >= 15 is 0 Å². The van der Waals surface area contributed by atoms with Crippen LogP contribution in [0, 0.1) is 12.8 Å². The number of hydrogen-bond acceptors (Lipinski definition) is 2. The maximum atomic E-state index is 13.6. The first-order chi connectivity index (χ1) is 17.9. The van der Waals surface area contributed by atoms with Crippen LogP contribution in [0.4, 0.5) is 0 Å². The summed E-state index contributed by atoms with van der Waals surface area (Å²) in [6.07, 6.45) is 2.15. The third-order valence-corrected chi connectivity index (χ3v) is 11.9. The van der Waals surface area contributed by atoms with Gasteiger partial charge in [0.05, 0.1) is 4.90 Å². The van der Waals surface area contributed by atoms with Gasteiger partial charge in [-0.15, -0.1) is 0 Å². The quantitative estimate of drug-likeness (QED) is 0.282. The summed E-state index contributed by atoms with van der Waals surface area (Å²) in [4.78, 5) is 0.348. The van der Waals surface area contributed by atoms with Gasteiger partial charge in [0.1, 0.15) is 8.80 Å². The summed E-state index contributed by atoms with van der Waals surface area (Å²) in [5.74, 6) is 0.116. The summed E-state index contributed by atoms with van der Waals surface area (Å²) in [5.41, 5.74) is 3.22. The summed E-state index contributed by atoms with van der Waals surface area (Å²) in [7, 11) is -4.74. The lowest BCUT2D eigenvalue weighted by atomic mass is 10.0. The van der Waals surface area contributed by atoms with Gasteiger partial charge in [0, 0.05) is 18.1 Å². The van der Waals surface area contributed by atoms with Crippen LogP contribution in [0.2, 0.25) is 11.1 Å². The van der Waals surface area contributed by atoms with Crippen LogP contribution in [0.5, 0.6) is 0 Å². The van der Waals surface area contributed by atoms with Crippen LogP contribution in [0.3, 0.4) is 0 Å². The maximum absolute atomic E-state index is 13.6. The summed E-state index contributed by atoms with van der Waals surface area (Å²) in [6, 6.07) is 37.1.